The first kappa shape index (κ1) is 14.3. The highest BCUT2D eigenvalue weighted by Gasteiger charge is 2.13. The van der Waals surface area contributed by atoms with E-state index in [4.69, 9.17) is 0 Å². The van der Waals surface area contributed by atoms with Gasteiger partial charge in [0.25, 0.3) is 0 Å². The Hall–Kier alpha value is -2.67. The lowest BCUT2D eigenvalue weighted by atomic mass is 9.91. The summed E-state index contributed by atoms with van der Waals surface area (Å²) in [5, 5.41) is 0. The summed E-state index contributed by atoms with van der Waals surface area (Å²) in [4.78, 5) is 11.5. The Morgan fingerprint density at radius 1 is 0.682 bits per heavy atom. The van der Waals surface area contributed by atoms with Crippen molar-refractivity contribution in [2.45, 2.75) is 12.8 Å². The summed E-state index contributed by atoms with van der Waals surface area (Å²) in [5.41, 5.74) is 5.62. The fraction of sp³-hybridized carbons (Fsp3) is 0.0952. The van der Waals surface area contributed by atoms with Crippen LogP contribution in [0.5, 0.6) is 0 Å². The van der Waals surface area contributed by atoms with E-state index in [0.717, 1.165) is 23.0 Å². The van der Waals surface area contributed by atoms with Crippen molar-refractivity contribution in [1.82, 2.24) is 0 Å². The first-order chi connectivity index (χ1) is 10.8. The molecule has 0 N–H and O–H groups in total. The molecule has 22 heavy (non-hydrogen) atoms. The van der Waals surface area contributed by atoms with Crippen LogP contribution in [0.3, 0.4) is 0 Å². The fourth-order valence-corrected chi connectivity index (χ4v) is 2.64. The smallest absolute Gasteiger partial charge is 0.131 e. The van der Waals surface area contributed by atoms with E-state index in [0.29, 0.717) is 0 Å². The van der Waals surface area contributed by atoms with Gasteiger partial charge in [-0.05, 0) is 29.2 Å². The molecular formula is C21H18O. The molecule has 3 rings (SSSR count). The SMILES string of the molecule is Cc1ccc(C(C=O)c2ccc(-c3ccccc3)cc2)cc1. The number of aryl methyl sites for hydroxylation is 1. The minimum Gasteiger partial charge on any atom is -0.302 e. The highest BCUT2D eigenvalue weighted by molar-refractivity contribution is 5.70. The predicted octanol–water partition coefficient (Wildman–Crippen LogP) is 4.99. The van der Waals surface area contributed by atoms with Gasteiger partial charge in [-0.25, -0.2) is 0 Å². The zero-order valence-electron chi connectivity index (χ0n) is 12.6. The molecule has 0 spiro atoms. The molecule has 1 atom stereocenters. The van der Waals surface area contributed by atoms with E-state index in [1.807, 2.05) is 61.5 Å². The third-order valence-corrected chi connectivity index (χ3v) is 3.95. The average Bonchev–Trinajstić information content (AvgIpc) is 2.59. The van der Waals surface area contributed by atoms with Gasteiger partial charge in [-0.2, -0.15) is 0 Å². The summed E-state index contributed by atoms with van der Waals surface area (Å²) >= 11 is 0. The van der Waals surface area contributed by atoms with Gasteiger partial charge in [-0.3, -0.25) is 0 Å². The van der Waals surface area contributed by atoms with Crippen LogP contribution in [0.4, 0.5) is 0 Å². The van der Waals surface area contributed by atoms with E-state index in [-0.39, 0.29) is 5.92 Å². The van der Waals surface area contributed by atoms with Crippen LogP contribution >= 0.6 is 0 Å². The van der Waals surface area contributed by atoms with Gasteiger partial charge < -0.3 is 4.79 Å². The molecule has 108 valence electrons. The van der Waals surface area contributed by atoms with Gasteiger partial charge >= 0.3 is 0 Å². The molecule has 0 heterocycles. The molecule has 0 saturated heterocycles. The largest absolute Gasteiger partial charge is 0.302 e. The quantitative estimate of drug-likeness (QED) is 0.617. The van der Waals surface area contributed by atoms with Crippen molar-refractivity contribution in [3.05, 3.63) is 95.6 Å². The molecular weight excluding hydrogens is 268 g/mol. The van der Waals surface area contributed by atoms with Gasteiger partial charge in [0.15, 0.2) is 0 Å². The molecule has 1 nitrogen and oxygen atoms in total. The molecule has 0 aromatic heterocycles. The third-order valence-electron chi connectivity index (χ3n) is 3.95. The van der Waals surface area contributed by atoms with Gasteiger partial charge in [0, 0.05) is 0 Å². The van der Waals surface area contributed by atoms with E-state index < -0.39 is 0 Å². The minimum atomic E-state index is -0.203. The Labute approximate surface area is 131 Å². The summed E-state index contributed by atoms with van der Waals surface area (Å²) in [6.45, 7) is 2.05. The Bertz CT molecular complexity index is 740. The van der Waals surface area contributed by atoms with Crippen molar-refractivity contribution >= 4 is 6.29 Å². The van der Waals surface area contributed by atoms with E-state index in [1.165, 1.54) is 11.1 Å². The monoisotopic (exact) mass is 286 g/mol. The van der Waals surface area contributed by atoms with Gasteiger partial charge in [0.1, 0.15) is 6.29 Å². The minimum absolute atomic E-state index is 0.203. The highest BCUT2D eigenvalue weighted by Crippen LogP contribution is 2.26. The number of hydrogen-bond donors (Lipinski definition) is 0. The molecule has 0 aliphatic heterocycles. The van der Waals surface area contributed by atoms with Crippen LogP contribution in [0.25, 0.3) is 11.1 Å². The third kappa shape index (κ3) is 2.99. The first-order valence-electron chi connectivity index (χ1n) is 7.45. The molecule has 0 fully saturated rings. The predicted molar refractivity (Wildman–Crippen MR) is 91.0 cm³/mol. The van der Waals surface area contributed by atoms with Crippen LogP contribution in [0, 0.1) is 6.92 Å². The molecule has 0 bridgehead atoms. The maximum atomic E-state index is 11.5. The van der Waals surface area contributed by atoms with Crippen LogP contribution in [0.15, 0.2) is 78.9 Å². The number of rotatable bonds is 4. The normalized spacial score (nSPS) is 11.9. The zero-order valence-corrected chi connectivity index (χ0v) is 12.6. The molecule has 0 amide bonds. The molecule has 1 unspecified atom stereocenters. The fourth-order valence-electron chi connectivity index (χ4n) is 2.64. The lowest BCUT2D eigenvalue weighted by Crippen LogP contribution is -2.02. The zero-order chi connectivity index (χ0) is 15.4. The summed E-state index contributed by atoms with van der Waals surface area (Å²) < 4.78 is 0. The number of benzene rings is 3. The number of carbonyl (C=O) groups is 1. The van der Waals surface area contributed by atoms with Crippen molar-refractivity contribution in [3.8, 4) is 11.1 Å². The van der Waals surface area contributed by atoms with Gasteiger partial charge in [0.2, 0.25) is 0 Å². The Balaban J connectivity index is 1.90. The van der Waals surface area contributed by atoms with Crippen LogP contribution in [-0.2, 0) is 4.79 Å². The van der Waals surface area contributed by atoms with Gasteiger partial charge in [-0.1, -0.05) is 84.4 Å². The van der Waals surface area contributed by atoms with Crippen molar-refractivity contribution in [2.75, 3.05) is 0 Å². The second-order valence-corrected chi connectivity index (χ2v) is 5.51. The Morgan fingerprint density at radius 2 is 1.18 bits per heavy atom. The van der Waals surface area contributed by atoms with Crippen LogP contribution in [-0.4, -0.2) is 6.29 Å². The summed E-state index contributed by atoms with van der Waals surface area (Å²) in [5.74, 6) is -0.203. The summed E-state index contributed by atoms with van der Waals surface area (Å²) in [7, 11) is 0. The van der Waals surface area contributed by atoms with Crippen LogP contribution in [0.2, 0.25) is 0 Å². The van der Waals surface area contributed by atoms with Crippen molar-refractivity contribution < 1.29 is 4.79 Å². The highest BCUT2D eigenvalue weighted by atomic mass is 16.1. The van der Waals surface area contributed by atoms with E-state index in [2.05, 4.69) is 24.3 Å². The number of aldehydes is 1. The lowest BCUT2D eigenvalue weighted by Gasteiger charge is -2.12. The van der Waals surface area contributed by atoms with Crippen molar-refractivity contribution in [1.29, 1.82) is 0 Å². The van der Waals surface area contributed by atoms with Crippen LogP contribution in [0.1, 0.15) is 22.6 Å². The maximum Gasteiger partial charge on any atom is 0.131 e. The second-order valence-electron chi connectivity index (χ2n) is 5.51. The van der Waals surface area contributed by atoms with E-state index >= 15 is 0 Å². The Morgan fingerprint density at radius 3 is 1.73 bits per heavy atom. The van der Waals surface area contributed by atoms with Crippen molar-refractivity contribution in [3.63, 3.8) is 0 Å². The molecule has 0 radical (unpaired) electrons. The van der Waals surface area contributed by atoms with Gasteiger partial charge in [0.05, 0.1) is 5.92 Å². The first-order valence-corrected chi connectivity index (χ1v) is 7.45. The van der Waals surface area contributed by atoms with Crippen LogP contribution < -0.4 is 0 Å². The maximum absolute atomic E-state index is 11.5. The molecule has 0 aliphatic rings. The summed E-state index contributed by atoms with van der Waals surface area (Å²) in [6, 6.07) is 26.6. The molecule has 0 saturated carbocycles. The molecule has 3 aromatic rings. The van der Waals surface area contributed by atoms with E-state index in [1.54, 1.807) is 0 Å². The second kappa shape index (κ2) is 6.40. The number of carbonyl (C=O) groups excluding carboxylic acids is 1. The summed E-state index contributed by atoms with van der Waals surface area (Å²) in [6.07, 6.45) is 1.02. The molecule has 0 aliphatic carbocycles. The molecule has 3 aromatic carbocycles. The topological polar surface area (TPSA) is 17.1 Å². The lowest BCUT2D eigenvalue weighted by molar-refractivity contribution is -0.108. The number of hydrogen-bond acceptors (Lipinski definition) is 1. The van der Waals surface area contributed by atoms with E-state index in [9.17, 15) is 4.79 Å². The average molecular weight is 286 g/mol. The van der Waals surface area contributed by atoms with Crippen molar-refractivity contribution in [2.24, 2.45) is 0 Å². The van der Waals surface area contributed by atoms with Gasteiger partial charge in [-0.15, -0.1) is 0 Å². The molecule has 1 heteroatoms. The standard InChI is InChI=1S/C21H18O/c1-16-7-9-19(10-8-16)21(15-22)20-13-11-18(12-14-20)17-5-3-2-4-6-17/h2-15,21H,1H3. The Kier molecular flexibility index (Phi) is 4.15.